The first-order valence-electron chi connectivity index (χ1n) is 7.92. The molecular weight excluding hydrogens is 254 g/mol. The number of hydrogen-bond acceptors (Lipinski definition) is 4. The lowest BCUT2D eigenvalue weighted by molar-refractivity contribution is -0.139. The van der Waals surface area contributed by atoms with Gasteiger partial charge in [0.15, 0.2) is 0 Å². The van der Waals surface area contributed by atoms with Gasteiger partial charge in [0.05, 0.1) is 6.04 Å². The van der Waals surface area contributed by atoms with Crippen LogP contribution in [0.15, 0.2) is 0 Å². The molecule has 3 unspecified atom stereocenters. The van der Waals surface area contributed by atoms with E-state index in [9.17, 15) is 4.79 Å². The zero-order chi connectivity index (χ0) is 14.5. The van der Waals surface area contributed by atoms with E-state index in [-0.39, 0.29) is 18.0 Å². The SMILES string of the molecule is COCCCC(N)C(=O)N1CC2CCCCN2CC1C. The Bertz CT molecular complexity index is 324. The minimum atomic E-state index is -0.372. The third-order valence-corrected chi connectivity index (χ3v) is 4.65. The molecular formula is C15H29N3O2. The third-order valence-electron chi connectivity index (χ3n) is 4.65. The molecule has 0 aromatic rings. The average molecular weight is 283 g/mol. The van der Waals surface area contributed by atoms with Gasteiger partial charge in [-0.15, -0.1) is 0 Å². The predicted octanol–water partition coefficient (Wildman–Crippen LogP) is 0.826. The van der Waals surface area contributed by atoms with Crippen LogP contribution in [0.25, 0.3) is 0 Å². The Kier molecular flexibility index (Phi) is 5.81. The molecule has 0 aromatic heterocycles. The van der Waals surface area contributed by atoms with Crippen LogP contribution in [0.4, 0.5) is 0 Å². The summed E-state index contributed by atoms with van der Waals surface area (Å²) in [4.78, 5) is 17.1. The average Bonchev–Trinajstić information content (AvgIpc) is 2.46. The van der Waals surface area contributed by atoms with Gasteiger partial charge in [-0.25, -0.2) is 0 Å². The van der Waals surface area contributed by atoms with Gasteiger partial charge in [-0.1, -0.05) is 6.42 Å². The van der Waals surface area contributed by atoms with E-state index in [1.165, 1.54) is 25.8 Å². The van der Waals surface area contributed by atoms with Gasteiger partial charge < -0.3 is 15.4 Å². The number of nitrogens with two attached hydrogens (primary N) is 1. The Labute approximate surface area is 122 Å². The number of hydrogen-bond donors (Lipinski definition) is 1. The highest BCUT2D eigenvalue weighted by atomic mass is 16.5. The summed E-state index contributed by atoms with van der Waals surface area (Å²) < 4.78 is 5.02. The highest BCUT2D eigenvalue weighted by Gasteiger charge is 2.36. The number of piperidine rings is 1. The fourth-order valence-electron chi connectivity index (χ4n) is 3.44. The number of piperazine rings is 1. The Balaban J connectivity index is 1.88. The molecule has 2 heterocycles. The maximum atomic E-state index is 12.5. The first-order valence-corrected chi connectivity index (χ1v) is 7.92. The number of carbonyl (C=O) groups is 1. The maximum Gasteiger partial charge on any atom is 0.239 e. The molecule has 1 amide bonds. The van der Waals surface area contributed by atoms with E-state index in [2.05, 4.69) is 11.8 Å². The minimum Gasteiger partial charge on any atom is -0.385 e. The summed E-state index contributed by atoms with van der Waals surface area (Å²) in [6.07, 6.45) is 5.37. The molecule has 2 N–H and O–H groups in total. The van der Waals surface area contributed by atoms with Crippen LogP contribution in [-0.2, 0) is 9.53 Å². The van der Waals surface area contributed by atoms with E-state index < -0.39 is 0 Å². The second-order valence-electron chi connectivity index (χ2n) is 6.23. The van der Waals surface area contributed by atoms with Crippen molar-refractivity contribution in [1.82, 2.24) is 9.80 Å². The number of methoxy groups -OCH3 is 1. The van der Waals surface area contributed by atoms with Gasteiger partial charge in [0.25, 0.3) is 0 Å². The van der Waals surface area contributed by atoms with Crippen LogP contribution in [0.3, 0.4) is 0 Å². The molecule has 0 radical (unpaired) electrons. The maximum absolute atomic E-state index is 12.5. The van der Waals surface area contributed by atoms with E-state index in [0.717, 1.165) is 19.5 Å². The van der Waals surface area contributed by atoms with Gasteiger partial charge in [0.2, 0.25) is 5.91 Å². The second kappa shape index (κ2) is 7.38. The van der Waals surface area contributed by atoms with Crippen LogP contribution in [-0.4, -0.2) is 67.2 Å². The lowest BCUT2D eigenvalue weighted by Crippen LogP contribution is -2.62. The zero-order valence-corrected chi connectivity index (χ0v) is 12.9. The number of carbonyl (C=O) groups excluding carboxylic acids is 1. The lowest BCUT2D eigenvalue weighted by Gasteiger charge is -2.48. The van der Waals surface area contributed by atoms with Gasteiger partial charge in [-0.3, -0.25) is 9.69 Å². The molecule has 2 saturated heterocycles. The Morgan fingerprint density at radius 2 is 2.20 bits per heavy atom. The summed E-state index contributed by atoms with van der Waals surface area (Å²) in [7, 11) is 1.68. The van der Waals surface area contributed by atoms with Gasteiger partial charge in [0.1, 0.15) is 0 Å². The molecule has 2 aliphatic rings. The number of fused-ring (bicyclic) bond motifs is 1. The van der Waals surface area contributed by atoms with Crippen molar-refractivity contribution >= 4 is 5.91 Å². The summed E-state index contributed by atoms with van der Waals surface area (Å²) >= 11 is 0. The molecule has 5 heteroatoms. The lowest BCUT2D eigenvalue weighted by atomic mass is 9.96. The molecule has 0 bridgehead atoms. The van der Waals surface area contributed by atoms with Crippen molar-refractivity contribution in [3.63, 3.8) is 0 Å². The molecule has 0 saturated carbocycles. The summed E-state index contributed by atoms with van der Waals surface area (Å²) in [6, 6.07) is 0.461. The first kappa shape index (κ1) is 15.7. The Hall–Kier alpha value is -0.650. The van der Waals surface area contributed by atoms with Crippen LogP contribution in [0, 0.1) is 0 Å². The highest BCUT2D eigenvalue weighted by Crippen LogP contribution is 2.24. The molecule has 2 aliphatic heterocycles. The van der Waals surface area contributed by atoms with Crippen LogP contribution >= 0.6 is 0 Å². The normalized spacial score (nSPS) is 29.1. The fraction of sp³-hybridized carbons (Fsp3) is 0.933. The molecule has 0 spiro atoms. The molecule has 20 heavy (non-hydrogen) atoms. The molecule has 2 rings (SSSR count). The second-order valence-corrected chi connectivity index (χ2v) is 6.23. The van der Waals surface area contributed by atoms with Gasteiger partial charge >= 0.3 is 0 Å². The van der Waals surface area contributed by atoms with E-state index in [0.29, 0.717) is 19.1 Å². The van der Waals surface area contributed by atoms with Crippen molar-refractivity contribution in [2.45, 2.75) is 57.2 Å². The van der Waals surface area contributed by atoms with Crippen molar-refractivity contribution in [1.29, 1.82) is 0 Å². The van der Waals surface area contributed by atoms with E-state index >= 15 is 0 Å². The fourth-order valence-corrected chi connectivity index (χ4v) is 3.44. The van der Waals surface area contributed by atoms with Crippen molar-refractivity contribution < 1.29 is 9.53 Å². The van der Waals surface area contributed by atoms with Crippen molar-refractivity contribution in [2.24, 2.45) is 5.73 Å². The highest BCUT2D eigenvalue weighted by molar-refractivity contribution is 5.82. The predicted molar refractivity (Wildman–Crippen MR) is 79.5 cm³/mol. The number of nitrogens with zero attached hydrogens (tertiary/aromatic N) is 2. The molecule has 5 nitrogen and oxygen atoms in total. The van der Waals surface area contributed by atoms with Crippen LogP contribution < -0.4 is 5.73 Å². The van der Waals surface area contributed by atoms with Crippen LogP contribution in [0.2, 0.25) is 0 Å². The van der Waals surface area contributed by atoms with Crippen LogP contribution in [0.5, 0.6) is 0 Å². The quantitative estimate of drug-likeness (QED) is 0.759. The first-order chi connectivity index (χ1) is 9.63. The standard InChI is InChI=1S/C15H29N3O2/c1-12-10-17-8-4-3-6-13(17)11-18(12)15(19)14(16)7-5-9-20-2/h12-14H,3-11,16H2,1-2H3. The summed E-state index contributed by atoms with van der Waals surface area (Å²) in [5.41, 5.74) is 6.06. The molecule has 0 aromatic carbocycles. The summed E-state index contributed by atoms with van der Waals surface area (Å²) in [5.74, 6) is 0.124. The van der Waals surface area contributed by atoms with Crippen molar-refractivity contribution in [3.05, 3.63) is 0 Å². The van der Waals surface area contributed by atoms with Crippen molar-refractivity contribution in [3.8, 4) is 0 Å². The largest absolute Gasteiger partial charge is 0.385 e. The number of amides is 1. The molecule has 3 atom stereocenters. The Morgan fingerprint density at radius 1 is 1.40 bits per heavy atom. The van der Waals surface area contributed by atoms with Crippen LogP contribution in [0.1, 0.15) is 39.0 Å². The monoisotopic (exact) mass is 283 g/mol. The Morgan fingerprint density at radius 3 is 2.95 bits per heavy atom. The topological polar surface area (TPSA) is 58.8 Å². The van der Waals surface area contributed by atoms with Gasteiger partial charge in [-0.05, 0) is 39.2 Å². The molecule has 0 aliphatic carbocycles. The van der Waals surface area contributed by atoms with Gasteiger partial charge in [0, 0.05) is 38.9 Å². The smallest absolute Gasteiger partial charge is 0.239 e. The summed E-state index contributed by atoms with van der Waals surface area (Å²) in [6.45, 7) is 5.87. The van der Waals surface area contributed by atoms with E-state index in [4.69, 9.17) is 10.5 Å². The zero-order valence-electron chi connectivity index (χ0n) is 12.9. The number of ether oxygens (including phenoxy) is 1. The minimum absolute atomic E-state index is 0.124. The molecule has 116 valence electrons. The van der Waals surface area contributed by atoms with E-state index in [1.807, 2.05) is 4.90 Å². The van der Waals surface area contributed by atoms with Crippen molar-refractivity contribution in [2.75, 3.05) is 33.4 Å². The summed E-state index contributed by atoms with van der Waals surface area (Å²) in [5, 5.41) is 0. The van der Waals surface area contributed by atoms with Gasteiger partial charge in [-0.2, -0.15) is 0 Å². The molecule has 2 fully saturated rings. The third kappa shape index (κ3) is 3.71. The number of rotatable bonds is 5. The van der Waals surface area contributed by atoms with E-state index in [1.54, 1.807) is 7.11 Å².